The van der Waals surface area contributed by atoms with Crippen LogP contribution in [-0.2, 0) is 12.8 Å². The van der Waals surface area contributed by atoms with Gasteiger partial charge in [-0.25, -0.2) is 4.98 Å². The van der Waals surface area contributed by atoms with Crippen molar-refractivity contribution in [1.29, 1.82) is 0 Å². The third-order valence-corrected chi connectivity index (χ3v) is 4.24. The van der Waals surface area contributed by atoms with Gasteiger partial charge in [0.15, 0.2) is 0 Å². The van der Waals surface area contributed by atoms with Crippen molar-refractivity contribution in [3.8, 4) is 0 Å². The quantitative estimate of drug-likeness (QED) is 0.903. The normalized spacial score (nSPS) is 12.9. The Hall–Kier alpha value is -1.19. The molecule has 0 spiro atoms. The average molecular weight is 274 g/mol. The maximum Gasteiger partial charge on any atom is 0.0943 e. The van der Waals surface area contributed by atoms with Crippen molar-refractivity contribution in [2.45, 2.75) is 45.6 Å². The Balaban J connectivity index is 1.93. The van der Waals surface area contributed by atoms with Gasteiger partial charge in [0.25, 0.3) is 0 Å². The van der Waals surface area contributed by atoms with E-state index < -0.39 is 0 Å². The van der Waals surface area contributed by atoms with Crippen LogP contribution < -0.4 is 5.73 Å². The lowest BCUT2D eigenvalue weighted by Gasteiger charge is -2.11. The van der Waals surface area contributed by atoms with Crippen LogP contribution in [0.1, 0.15) is 41.6 Å². The number of nitrogens with two attached hydrogens (primary N) is 1. The summed E-state index contributed by atoms with van der Waals surface area (Å²) >= 11 is 1.70. The second-order valence-electron chi connectivity index (χ2n) is 5.45. The standard InChI is InChI=1S/C16H22N2S/c1-11(2)14-6-4-13(5-7-14)8-15(17)9-16-18-12(3)10-19-16/h4-7,10-11,15H,8-9,17H2,1-3H3. The summed E-state index contributed by atoms with van der Waals surface area (Å²) in [7, 11) is 0. The third kappa shape index (κ3) is 4.15. The molecule has 0 radical (unpaired) electrons. The summed E-state index contributed by atoms with van der Waals surface area (Å²) in [4.78, 5) is 4.47. The highest BCUT2D eigenvalue weighted by molar-refractivity contribution is 7.09. The molecule has 19 heavy (non-hydrogen) atoms. The summed E-state index contributed by atoms with van der Waals surface area (Å²) in [6.45, 7) is 6.45. The van der Waals surface area contributed by atoms with Crippen LogP contribution in [0.3, 0.4) is 0 Å². The van der Waals surface area contributed by atoms with Crippen molar-refractivity contribution in [2.75, 3.05) is 0 Å². The van der Waals surface area contributed by atoms with Crippen LogP contribution in [0.15, 0.2) is 29.6 Å². The van der Waals surface area contributed by atoms with Gasteiger partial charge in [0, 0.05) is 23.5 Å². The molecule has 0 amide bonds. The summed E-state index contributed by atoms with van der Waals surface area (Å²) in [6, 6.07) is 8.96. The molecule has 0 bridgehead atoms. The molecule has 0 fully saturated rings. The minimum atomic E-state index is 0.149. The van der Waals surface area contributed by atoms with Crippen molar-refractivity contribution in [2.24, 2.45) is 5.73 Å². The van der Waals surface area contributed by atoms with E-state index in [0.717, 1.165) is 23.5 Å². The molecular weight excluding hydrogens is 252 g/mol. The monoisotopic (exact) mass is 274 g/mol. The van der Waals surface area contributed by atoms with Gasteiger partial charge in [-0.3, -0.25) is 0 Å². The number of hydrogen-bond acceptors (Lipinski definition) is 3. The van der Waals surface area contributed by atoms with Gasteiger partial charge in [-0.1, -0.05) is 38.1 Å². The van der Waals surface area contributed by atoms with E-state index in [4.69, 9.17) is 5.73 Å². The SMILES string of the molecule is Cc1csc(CC(N)Cc2ccc(C(C)C)cc2)n1. The molecule has 1 aromatic carbocycles. The van der Waals surface area contributed by atoms with Crippen LogP contribution in [0, 0.1) is 6.92 Å². The highest BCUT2D eigenvalue weighted by Crippen LogP contribution is 2.16. The molecule has 0 aliphatic rings. The van der Waals surface area contributed by atoms with Gasteiger partial charge in [0.2, 0.25) is 0 Å². The molecule has 1 unspecified atom stereocenters. The highest BCUT2D eigenvalue weighted by Gasteiger charge is 2.08. The second-order valence-corrected chi connectivity index (χ2v) is 6.39. The summed E-state index contributed by atoms with van der Waals surface area (Å²) in [5, 5.41) is 3.23. The fourth-order valence-corrected chi connectivity index (χ4v) is 3.00. The van der Waals surface area contributed by atoms with Crippen molar-refractivity contribution >= 4 is 11.3 Å². The molecule has 1 atom stereocenters. The smallest absolute Gasteiger partial charge is 0.0943 e. The van der Waals surface area contributed by atoms with Gasteiger partial charge >= 0.3 is 0 Å². The number of nitrogens with zero attached hydrogens (tertiary/aromatic N) is 1. The Labute approximate surface area is 119 Å². The average Bonchev–Trinajstić information content (AvgIpc) is 2.75. The zero-order valence-corrected chi connectivity index (χ0v) is 12.7. The first-order valence-electron chi connectivity index (χ1n) is 6.80. The van der Waals surface area contributed by atoms with E-state index in [9.17, 15) is 0 Å². The molecule has 1 aromatic heterocycles. The number of benzene rings is 1. The molecule has 2 N–H and O–H groups in total. The predicted molar refractivity (Wildman–Crippen MR) is 82.8 cm³/mol. The molecule has 0 aliphatic carbocycles. The molecule has 0 saturated carbocycles. The summed E-state index contributed by atoms with van der Waals surface area (Å²) < 4.78 is 0. The lowest BCUT2D eigenvalue weighted by molar-refractivity contribution is 0.661. The van der Waals surface area contributed by atoms with E-state index in [0.29, 0.717) is 5.92 Å². The van der Waals surface area contributed by atoms with Gasteiger partial charge in [0.1, 0.15) is 0 Å². The maximum atomic E-state index is 6.21. The van der Waals surface area contributed by atoms with E-state index in [1.807, 2.05) is 6.92 Å². The van der Waals surface area contributed by atoms with E-state index in [2.05, 4.69) is 48.5 Å². The predicted octanol–water partition coefficient (Wildman–Crippen LogP) is 3.69. The van der Waals surface area contributed by atoms with Crippen molar-refractivity contribution in [3.05, 3.63) is 51.5 Å². The Kier molecular flexibility index (Phi) is 4.72. The first-order valence-corrected chi connectivity index (χ1v) is 7.68. The molecule has 0 aliphatic heterocycles. The molecule has 0 saturated heterocycles. The Bertz CT molecular complexity index is 514. The van der Waals surface area contributed by atoms with Crippen LogP contribution in [-0.4, -0.2) is 11.0 Å². The van der Waals surface area contributed by atoms with Crippen LogP contribution in [0.5, 0.6) is 0 Å². The van der Waals surface area contributed by atoms with Gasteiger partial charge in [-0.2, -0.15) is 0 Å². The molecular formula is C16H22N2S. The first kappa shape index (κ1) is 14.2. The van der Waals surface area contributed by atoms with E-state index in [1.54, 1.807) is 11.3 Å². The fourth-order valence-electron chi connectivity index (χ4n) is 2.13. The Morgan fingerprint density at radius 1 is 1.16 bits per heavy atom. The minimum Gasteiger partial charge on any atom is -0.327 e. The lowest BCUT2D eigenvalue weighted by atomic mass is 9.98. The second kappa shape index (κ2) is 6.31. The Morgan fingerprint density at radius 2 is 1.84 bits per heavy atom. The van der Waals surface area contributed by atoms with Crippen LogP contribution in [0.4, 0.5) is 0 Å². The highest BCUT2D eigenvalue weighted by atomic mass is 32.1. The van der Waals surface area contributed by atoms with Crippen LogP contribution >= 0.6 is 11.3 Å². The summed E-state index contributed by atoms with van der Waals surface area (Å²) in [5.41, 5.74) is 10.00. The van der Waals surface area contributed by atoms with Crippen molar-refractivity contribution < 1.29 is 0 Å². The van der Waals surface area contributed by atoms with Gasteiger partial charge in [-0.15, -0.1) is 11.3 Å². The topological polar surface area (TPSA) is 38.9 Å². The number of aromatic nitrogens is 1. The zero-order chi connectivity index (χ0) is 13.8. The Morgan fingerprint density at radius 3 is 2.37 bits per heavy atom. The van der Waals surface area contributed by atoms with Gasteiger partial charge in [0.05, 0.1) is 5.01 Å². The number of aryl methyl sites for hydroxylation is 1. The molecule has 102 valence electrons. The first-order chi connectivity index (χ1) is 9.04. The van der Waals surface area contributed by atoms with Crippen molar-refractivity contribution in [3.63, 3.8) is 0 Å². The van der Waals surface area contributed by atoms with E-state index in [1.165, 1.54) is 11.1 Å². The number of hydrogen-bond donors (Lipinski definition) is 1. The molecule has 2 rings (SSSR count). The van der Waals surface area contributed by atoms with Crippen molar-refractivity contribution in [1.82, 2.24) is 4.98 Å². The van der Waals surface area contributed by atoms with Gasteiger partial charge in [-0.05, 0) is 30.4 Å². The van der Waals surface area contributed by atoms with Crippen LogP contribution in [0.25, 0.3) is 0 Å². The summed E-state index contributed by atoms with van der Waals surface area (Å²) in [5.74, 6) is 0.584. The third-order valence-electron chi connectivity index (χ3n) is 3.25. The lowest BCUT2D eigenvalue weighted by Crippen LogP contribution is -2.25. The van der Waals surface area contributed by atoms with E-state index >= 15 is 0 Å². The number of rotatable bonds is 5. The fraction of sp³-hybridized carbons (Fsp3) is 0.438. The molecule has 2 nitrogen and oxygen atoms in total. The molecule has 1 heterocycles. The maximum absolute atomic E-state index is 6.21. The molecule has 2 aromatic rings. The van der Waals surface area contributed by atoms with Gasteiger partial charge < -0.3 is 5.73 Å². The summed E-state index contributed by atoms with van der Waals surface area (Å²) in [6.07, 6.45) is 1.78. The van der Waals surface area contributed by atoms with E-state index in [-0.39, 0.29) is 6.04 Å². The largest absolute Gasteiger partial charge is 0.327 e. The van der Waals surface area contributed by atoms with Crippen LogP contribution in [0.2, 0.25) is 0 Å². The number of thiazole rings is 1. The zero-order valence-electron chi connectivity index (χ0n) is 11.9. The minimum absolute atomic E-state index is 0.149. The molecule has 3 heteroatoms.